The summed E-state index contributed by atoms with van der Waals surface area (Å²) in [6.45, 7) is 2.58. The lowest BCUT2D eigenvalue weighted by atomic mass is 9.97. The number of anilines is 1. The van der Waals surface area contributed by atoms with Gasteiger partial charge in [0.25, 0.3) is 0 Å². The molecule has 2 amide bonds. The number of hydrogen-bond donors (Lipinski definition) is 2. The van der Waals surface area contributed by atoms with Gasteiger partial charge in [-0.15, -0.1) is 0 Å². The maximum atomic E-state index is 13.0. The second-order valence-corrected chi connectivity index (χ2v) is 7.47. The van der Waals surface area contributed by atoms with Crippen LogP contribution in [0.15, 0.2) is 24.3 Å². The van der Waals surface area contributed by atoms with Crippen LogP contribution in [0, 0.1) is 11.7 Å². The van der Waals surface area contributed by atoms with Crippen LogP contribution in [-0.4, -0.2) is 31.7 Å². The first kappa shape index (κ1) is 18.0. The molecule has 1 saturated carbocycles. The summed E-state index contributed by atoms with van der Waals surface area (Å²) >= 11 is 0. The molecule has 138 valence electrons. The SMILES string of the molecule is O=C(NCC1CCN(c2ccc(F)cc2)C1)NC1CCCCCCC1. The highest BCUT2D eigenvalue weighted by Crippen LogP contribution is 2.23. The standard InChI is InChI=1S/C20H30FN3O/c21-17-8-10-19(11-9-17)24-13-12-16(15-24)14-22-20(25)23-18-6-4-2-1-3-5-7-18/h8-11,16,18H,1-7,12-15H2,(H2,22,23,25). The summed E-state index contributed by atoms with van der Waals surface area (Å²) in [5, 5.41) is 6.21. The Morgan fingerprint density at radius 2 is 1.72 bits per heavy atom. The van der Waals surface area contributed by atoms with Crippen LogP contribution in [0.4, 0.5) is 14.9 Å². The van der Waals surface area contributed by atoms with Crippen LogP contribution in [0.5, 0.6) is 0 Å². The minimum absolute atomic E-state index is 0.0224. The van der Waals surface area contributed by atoms with Crippen LogP contribution >= 0.6 is 0 Å². The molecule has 0 bridgehead atoms. The van der Waals surface area contributed by atoms with Gasteiger partial charge in [0.15, 0.2) is 0 Å². The Kier molecular flexibility index (Phi) is 6.54. The number of hydrogen-bond acceptors (Lipinski definition) is 2. The van der Waals surface area contributed by atoms with Crippen molar-refractivity contribution in [3.63, 3.8) is 0 Å². The third-order valence-corrected chi connectivity index (χ3v) is 5.47. The summed E-state index contributed by atoms with van der Waals surface area (Å²) in [4.78, 5) is 14.4. The minimum Gasteiger partial charge on any atom is -0.371 e. The molecule has 1 aromatic rings. The maximum absolute atomic E-state index is 13.0. The first-order chi connectivity index (χ1) is 12.2. The number of carbonyl (C=O) groups is 1. The van der Waals surface area contributed by atoms with E-state index in [0.29, 0.717) is 18.5 Å². The molecule has 2 aliphatic rings. The third-order valence-electron chi connectivity index (χ3n) is 5.47. The molecule has 25 heavy (non-hydrogen) atoms. The van der Waals surface area contributed by atoms with Crippen molar-refractivity contribution in [2.45, 2.75) is 57.4 Å². The molecule has 1 unspecified atom stereocenters. The molecule has 5 heteroatoms. The Labute approximate surface area is 150 Å². The number of rotatable bonds is 4. The second-order valence-electron chi connectivity index (χ2n) is 7.47. The molecule has 1 atom stereocenters. The Balaban J connectivity index is 1.38. The van der Waals surface area contributed by atoms with Crippen molar-refractivity contribution in [2.75, 3.05) is 24.5 Å². The van der Waals surface area contributed by atoms with Crippen molar-refractivity contribution in [1.82, 2.24) is 10.6 Å². The van der Waals surface area contributed by atoms with Crippen LogP contribution in [-0.2, 0) is 0 Å². The predicted octanol–water partition coefficient (Wildman–Crippen LogP) is 4.06. The molecule has 3 rings (SSSR count). The van der Waals surface area contributed by atoms with E-state index in [1.165, 1.54) is 44.2 Å². The van der Waals surface area contributed by atoms with Crippen LogP contribution in [0.2, 0.25) is 0 Å². The summed E-state index contributed by atoms with van der Waals surface area (Å²) < 4.78 is 13.0. The summed E-state index contributed by atoms with van der Waals surface area (Å²) in [7, 11) is 0. The van der Waals surface area contributed by atoms with Crippen LogP contribution in [0.25, 0.3) is 0 Å². The lowest BCUT2D eigenvalue weighted by Gasteiger charge is -2.22. The topological polar surface area (TPSA) is 44.4 Å². The van der Waals surface area contributed by atoms with Crippen molar-refractivity contribution in [1.29, 1.82) is 0 Å². The van der Waals surface area contributed by atoms with Gasteiger partial charge in [0.2, 0.25) is 0 Å². The molecule has 0 radical (unpaired) electrons. The van der Waals surface area contributed by atoms with E-state index in [0.717, 1.165) is 38.0 Å². The quantitative estimate of drug-likeness (QED) is 0.862. The maximum Gasteiger partial charge on any atom is 0.315 e. The molecule has 1 saturated heterocycles. The number of carbonyl (C=O) groups excluding carboxylic acids is 1. The molecular formula is C20H30FN3O. The number of amides is 2. The Morgan fingerprint density at radius 3 is 2.44 bits per heavy atom. The summed E-state index contributed by atoms with van der Waals surface area (Å²) in [5.41, 5.74) is 1.06. The zero-order valence-electron chi connectivity index (χ0n) is 15.0. The van der Waals surface area contributed by atoms with E-state index in [9.17, 15) is 9.18 Å². The fourth-order valence-electron chi connectivity index (χ4n) is 3.96. The summed E-state index contributed by atoms with van der Waals surface area (Å²) in [5.74, 6) is 0.250. The van der Waals surface area contributed by atoms with E-state index >= 15 is 0 Å². The minimum atomic E-state index is -0.202. The lowest BCUT2D eigenvalue weighted by molar-refractivity contribution is 0.232. The highest BCUT2D eigenvalue weighted by molar-refractivity contribution is 5.74. The smallest absolute Gasteiger partial charge is 0.315 e. The van der Waals surface area contributed by atoms with Crippen molar-refractivity contribution in [2.24, 2.45) is 5.92 Å². The monoisotopic (exact) mass is 347 g/mol. The molecule has 4 nitrogen and oxygen atoms in total. The van der Waals surface area contributed by atoms with E-state index in [1.54, 1.807) is 0 Å². The first-order valence-electron chi connectivity index (χ1n) is 9.75. The van der Waals surface area contributed by atoms with Gasteiger partial charge in [-0.2, -0.15) is 0 Å². The highest BCUT2D eigenvalue weighted by Gasteiger charge is 2.23. The Morgan fingerprint density at radius 1 is 1.04 bits per heavy atom. The molecule has 2 N–H and O–H groups in total. The van der Waals surface area contributed by atoms with Gasteiger partial charge in [-0.3, -0.25) is 0 Å². The molecule has 2 fully saturated rings. The van der Waals surface area contributed by atoms with E-state index < -0.39 is 0 Å². The normalized spacial score (nSPS) is 22.3. The van der Waals surface area contributed by atoms with E-state index in [4.69, 9.17) is 0 Å². The van der Waals surface area contributed by atoms with Crippen molar-refractivity contribution in [3.05, 3.63) is 30.1 Å². The van der Waals surface area contributed by atoms with Gasteiger partial charge in [0.1, 0.15) is 5.82 Å². The second kappa shape index (κ2) is 9.07. The largest absolute Gasteiger partial charge is 0.371 e. The van der Waals surface area contributed by atoms with Crippen LogP contribution in [0.3, 0.4) is 0 Å². The number of benzene rings is 1. The van der Waals surface area contributed by atoms with Gasteiger partial charge < -0.3 is 15.5 Å². The van der Waals surface area contributed by atoms with E-state index in [2.05, 4.69) is 15.5 Å². The van der Waals surface area contributed by atoms with Crippen molar-refractivity contribution < 1.29 is 9.18 Å². The molecule has 1 aliphatic carbocycles. The predicted molar refractivity (Wildman–Crippen MR) is 99.4 cm³/mol. The number of nitrogens with zero attached hydrogens (tertiary/aromatic N) is 1. The first-order valence-corrected chi connectivity index (χ1v) is 9.75. The van der Waals surface area contributed by atoms with E-state index in [-0.39, 0.29) is 11.8 Å². The number of nitrogens with one attached hydrogen (secondary N) is 2. The number of halogens is 1. The third kappa shape index (κ3) is 5.62. The zero-order chi connectivity index (χ0) is 17.5. The Bertz CT molecular complexity index is 540. The van der Waals surface area contributed by atoms with Crippen LogP contribution < -0.4 is 15.5 Å². The van der Waals surface area contributed by atoms with Gasteiger partial charge in [0.05, 0.1) is 0 Å². The average Bonchev–Trinajstić information content (AvgIpc) is 3.05. The molecule has 1 aliphatic heterocycles. The van der Waals surface area contributed by atoms with Gasteiger partial charge >= 0.3 is 6.03 Å². The molecule has 0 spiro atoms. The van der Waals surface area contributed by atoms with Crippen molar-refractivity contribution in [3.8, 4) is 0 Å². The fraction of sp³-hybridized carbons (Fsp3) is 0.650. The molecule has 1 aromatic carbocycles. The summed E-state index contributed by atoms with van der Waals surface area (Å²) in [6.07, 6.45) is 9.64. The fourth-order valence-corrected chi connectivity index (χ4v) is 3.96. The molecule has 1 heterocycles. The van der Waals surface area contributed by atoms with Gasteiger partial charge in [0, 0.05) is 31.4 Å². The molecular weight excluding hydrogens is 317 g/mol. The van der Waals surface area contributed by atoms with E-state index in [1.807, 2.05) is 12.1 Å². The van der Waals surface area contributed by atoms with Gasteiger partial charge in [-0.1, -0.05) is 32.1 Å². The van der Waals surface area contributed by atoms with Crippen molar-refractivity contribution >= 4 is 11.7 Å². The lowest BCUT2D eigenvalue weighted by Crippen LogP contribution is -2.44. The highest BCUT2D eigenvalue weighted by atomic mass is 19.1. The Hall–Kier alpha value is -1.78. The zero-order valence-corrected chi connectivity index (χ0v) is 15.0. The summed E-state index contributed by atoms with van der Waals surface area (Å²) in [6, 6.07) is 6.97. The van der Waals surface area contributed by atoms with Gasteiger partial charge in [-0.25, -0.2) is 9.18 Å². The number of urea groups is 1. The molecule has 0 aromatic heterocycles. The van der Waals surface area contributed by atoms with Gasteiger partial charge in [-0.05, 0) is 49.4 Å². The average molecular weight is 347 g/mol. The van der Waals surface area contributed by atoms with Crippen LogP contribution in [0.1, 0.15) is 51.4 Å².